The molecule has 0 radical (unpaired) electrons. The van der Waals surface area contributed by atoms with E-state index in [0.717, 1.165) is 24.9 Å². The van der Waals surface area contributed by atoms with Crippen molar-refractivity contribution in [1.29, 1.82) is 0 Å². The summed E-state index contributed by atoms with van der Waals surface area (Å²) in [5.74, 6) is 1.59. The number of carbonyl (C=O) groups is 1. The van der Waals surface area contributed by atoms with Crippen LogP contribution in [0.5, 0.6) is 11.5 Å². The van der Waals surface area contributed by atoms with Crippen LogP contribution < -0.4 is 9.47 Å². The van der Waals surface area contributed by atoms with Gasteiger partial charge in [0.1, 0.15) is 5.78 Å². The Morgan fingerprint density at radius 3 is 2.75 bits per heavy atom. The number of nitrogens with zero attached hydrogens (tertiary/aromatic N) is 1. The van der Waals surface area contributed by atoms with Crippen molar-refractivity contribution in [3.8, 4) is 11.5 Å². The summed E-state index contributed by atoms with van der Waals surface area (Å²) in [4.78, 5) is 14.7. The van der Waals surface area contributed by atoms with Gasteiger partial charge in [0.25, 0.3) is 0 Å². The largest absolute Gasteiger partial charge is 0.493 e. The Morgan fingerprint density at radius 1 is 1.25 bits per heavy atom. The molecule has 2 fully saturated rings. The summed E-state index contributed by atoms with van der Waals surface area (Å²) >= 11 is 0. The molecule has 1 saturated carbocycles. The zero-order valence-electron chi connectivity index (χ0n) is 14.6. The van der Waals surface area contributed by atoms with E-state index >= 15 is 0 Å². The van der Waals surface area contributed by atoms with Crippen molar-refractivity contribution in [2.75, 3.05) is 27.8 Å². The lowest BCUT2D eigenvalue weighted by atomic mass is 9.49. The number of benzene rings is 1. The number of ketones is 1. The van der Waals surface area contributed by atoms with Gasteiger partial charge in [0, 0.05) is 29.9 Å². The van der Waals surface area contributed by atoms with Gasteiger partial charge in [0.2, 0.25) is 0 Å². The number of hydrogen-bond donors (Lipinski definition) is 1. The van der Waals surface area contributed by atoms with E-state index in [-0.39, 0.29) is 11.8 Å². The molecule has 1 aromatic rings. The van der Waals surface area contributed by atoms with E-state index in [0.29, 0.717) is 30.8 Å². The van der Waals surface area contributed by atoms with Gasteiger partial charge in [-0.3, -0.25) is 4.79 Å². The second kappa shape index (κ2) is 5.20. The van der Waals surface area contributed by atoms with Gasteiger partial charge in [-0.2, -0.15) is 0 Å². The molecule has 1 N–H and O–H groups in total. The minimum Gasteiger partial charge on any atom is -0.493 e. The number of hydrogen-bond acceptors (Lipinski definition) is 5. The second-order valence-corrected chi connectivity index (χ2v) is 7.51. The lowest BCUT2D eigenvalue weighted by molar-refractivity contribution is -0.169. The average Bonchev–Trinajstić information content (AvgIpc) is 2.57. The van der Waals surface area contributed by atoms with Gasteiger partial charge in [-0.25, -0.2) is 0 Å². The number of carbonyl (C=O) groups excluding carboxylic acids is 1. The number of ether oxygens (including phenoxy) is 2. The molecule has 5 nitrogen and oxygen atoms in total. The summed E-state index contributed by atoms with van der Waals surface area (Å²) in [6.45, 7) is 0.875. The fourth-order valence-corrected chi connectivity index (χ4v) is 5.45. The highest BCUT2D eigenvalue weighted by molar-refractivity contribution is 5.83. The maximum absolute atomic E-state index is 12.4. The quantitative estimate of drug-likeness (QED) is 0.894. The maximum atomic E-state index is 12.4. The number of methoxy groups -OCH3 is 2. The van der Waals surface area contributed by atoms with Crippen molar-refractivity contribution in [3.63, 3.8) is 0 Å². The number of Topliss-reactive ketones (excluding diaryl/α,β-unsaturated/α-hetero) is 1. The molecule has 4 rings (SSSR count). The Labute approximate surface area is 142 Å². The van der Waals surface area contributed by atoms with E-state index in [9.17, 15) is 9.90 Å². The fourth-order valence-electron chi connectivity index (χ4n) is 5.45. The second-order valence-electron chi connectivity index (χ2n) is 7.51. The number of rotatable bonds is 2. The summed E-state index contributed by atoms with van der Waals surface area (Å²) in [6.07, 6.45) is 2.92. The number of aliphatic hydroxyl groups is 1. The van der Waals surface area contributed by atoms with Crippen molar-refractivity contribution < 1.29 is 19.4 Å². The summed E-state index contributed by atoms with van der Waals surface area (Å²) in [5, 5.41) is 11.8. The third kappa shape index (κ3) is 1.80. The Bertz CT molecular complexity index is 703. The molecule has 0 aromatic heterocycles. The highest BCUT2D eigenvalue weighted by Gasteiger charge is 2.65. The smallest absolute Gasteiger partial charge is 0.164 e. The maximum Gasteiger partial charge on any atom is 0.164 e. The number of likely N-dealkylation sites (N-methyl/N-ethyl adjacent to an activating group) is 1. The molecule has 130 valence electrons. The van der Waals surface area contributed by atoms with Crippen molar-refractivity contribution >= 4 is 5.78 Å². The number of likely N-dealkylation sites (tertiary alicyclic amines) is 1. The van der Waals surface area contributed by atoms with Crippen LogP contribution in [0.15, 0.2) is 12.1 Å². The molecule has 0 amide bonds. The highest BCUT2D eigenvalue weighted by Crippen LogP contribution is 2.60. The molecule has 24 heavy (non-hydrogen) atoms. The molecule has 1 aliphatic heterocycles. The molecule has 1 aromatic carbocycles. The standard InChI is InChI=1S/C19H25NO4/c1-20-9-8-18-11-13(21)6-7-19(18,22)15(20)10-12-4-5-14(23-2)17(24-3)16(12)18/h4-5,15,22H,6-11H2,1-3H3. The van der Waals surface area contributed by atoms with Gasteiger partial charge in [-0.15, -0.1) is 0 Å². The minimum absolute atomic E-state index is 0.0463. The molecule has 1 saturated heterocycles. The Hall–Kier alpha value is -1.59. The highest BCUT2D eigenvalue weighted by atomic mass is 16.5. The van der Waals surface area contributed by atoms with E-state index in [1.165, 1.54) is 5.56 Å². The SMILES string of the molecule is COc1ccc2c(c1OC)C13CCN(C)C(C2)C1(O)CCC(=O)C3. The third-order valence-electron chi connectivity index (χ3n) is 6.61. The van der Waals surface area contributed by atoms with Crippen molar-refractivity contribution in [2.45, 2.75) is 49.2 Å². The first-order chi connectivity index (χ1) is 11.5. The zero-order chi connectivity index (χ0) is 17.1. The molecule has 3 aliphatic rings. The van der Waals surface area contributed by atoms with Crippen LogP contribution in [0.2, 0.25) is 0 Å². The predicted molar refractivity (Wildman–Crippen MR) is 89.8 cm³/mol. The summed E-state index contributed by atoms with van der Waals surface area (Å²) in [6, 6.07) is 4.05. The van der Waals surface area contributed by atoms with Crippen LogP contribution in [0.1, 0.15) is 36.8 Å². The number of piperidine rings is 1. The molecule has 1 heterocycles. The first-order valence-electron chi connectivity index (χ1n) is 8.65. The Kier molecular flexibility index (Phi) is 3.45. The van der Waals surface area contributed by atoms with E-state index in [1.54, 1.807) is 14.2 Å². The average molecular weight is 331 g/mol. The van der Waals surface area contributed by atoms with Crippen LogP contribution in [-0.4, -0.2) is 55.2 Å². The van der Waals surface area contributed by atoms with E-state index in [4.69, 9.17) is 9.47 Å². The Balaban J connectivity index is 2.02. The monoisotopic (exact) mass is 331 g/mol. The lowest BCUT2D eigenvalue weighted by Gasteiger charge is -2.62. The van der Waals surface area contributed by atoms with Gasteiger partial charge < -0.3 is 19.5 Å². The third-order valence-corrected chi connectivity index (χ3v) is 6.61. The first kappa shape index (κ1) is 15.9. The van der Waals surface area contributed by atoms with Crippen LogP contribution in [-0.2, 0) is 16.6 Å². The molecule has 2 bridgehead atoms. The van der Waals surface area contributed by atoms with Gasteiger partial charge >= 0.3 is 0 Å². The number of fused-ring (bicyclic) bond motifs is 1. The van der Waals surface area contributed by atoms with Crippen LogP contribution in [0.4, 0.5) is 0 Å². The van der Waals surface area contributed by atoms with Crippen LogP contribution in [0.25, 0.3) is 0 Å². The summed E-state index contributed by atoms with van der Waals surface area (Å²) in [5.41, 5.74) is 0.723. The van der Waals surface area contributed by atoms with Gasteiger partial charge in [-0.05, 0) is 44.5 Å². The fraction of sp³-hybridized carbons (Fsp3) is 0.632. The van der Waals surface area contributed by atoms with Crippen LogP contribution in [0.3, 0.4) is 0 Å². The van der Waals surface area contributed by atoms with Gasteiger partial charge in [0.05, 0.1) is 19.8 Å². The van der Waals surface area contributed by atoms with E-state index in [1.807, 2.05) is 6.07 Å². The first-order valence-corrected chi connectivity index (χ1v) is 8.65. The summed E-state index contributed by atoms with van der Waals surface area (Å²) in [7, 11) is 5.34. The Morgan fingerprint density at radius 2 is 2.04 bits per heavy atom. The van der Waals surface area contributed by atoms with Crippen LogP contribution >= 0.6 is 0 Å². The minimum atomic E-state index is -0.888. The van der Waals surface area contributed by atoms with Gasteiger partial charge in [-0.1, -0.05) is 6.07 Å². The van der Waals surface area contributed by atoms with E-state index < -0.39 is 11.0 Å². The predicted octanol–water partition coefficient (Wildman–Crippen LogP) is 1.69. The van der Waals surface area contributed by atoms with Crippen molar-refractivity contribution in [1.82, 2.24) is 4.90 Å². The zero-order valence-corrected chi connectivity index (χ0v) is 14.6. The van der Waals surface area contributed by atoms with Crippen LogP contribution in [0, 0.1) is 0 Å². The molecule has 3 unspecified atom stereocenters. The molecule has 2 aliphatic carbocycles. The lowest BCUT2D eigenvalue weighted by Crippen LogP contribution is -2.72. The normalized spacial score (nSPS) is 35.2. The van der Waals surface area contributed by atoms with Crippen molar-refractivity contribution in [2.24, 2.45) is 0 Å². The van der Waals surface area contributed by atoms with Gasteiger partial charge in [0.15, 0.2) is 11.5 Å². The molecular weight excluding hydrogens is 306 g/mol. The van der Waals surface area contributed by atoms with E-state index in [2.05, 4.69) is 18.0 Å². The molecule has 5 heteroatoms. The molecular formula is C19H25NO4. The summed E-state index contributed by atoms with van der Waals surface area (Å²) < 4.78 is 11.2. The van der Waals surface area contributed by atoms with Crippen molar-refractivity contribution in [3.05, 3.63) is 23.3 Å². The molecule has 0 spiro atoms. The topological polar surface area (TPSA) is 59.0 Å². The molecule has 3 atom stereocenters.